The zero-order chi connectivity index (χ0) is 17.3. The second-order valence-electron chi connectivity index (χ2n) is 4.98. The van der Waals surface area contributed by atoms with Crippen LogP contribution in [0.3, 0.4) is 0 Å². The van der Waals surface area contributed by atoms with Crippen LogP contribution in [0.1, 0.15) is 5.56 Å². The van der Waals surface area contributed by atoms with Crippen LogP contribution in [-0.2, 0) is 9.84 Å². The fourth-order valence-electron chi connectivity index (χ4n) is 2.09. The summed E-state index contributed by atoms with van der Waals surface area (Å²) in [5.74, 6) is 0. The molecule has 0 fully saturated rings. The lowest BCUT2D eigenvalue weighted by molar-refractivity contribution is 0.604. The third-order valence-electron chi connectivity index (χ3n) is 3.28. The lowest BCUT2D eigenvalue weighted by Gasteiger charge is -2.02. The van der Waals surface area contributed by atoms with E-state index in [4.69, 9.17) is 11.6 Å². The lowest BCUT2D eigenvalue weighted by atomic mass is 10.2. The molecule has 1 heterocycles. The van der Waals surface area contributed by atoms with Crippen molar-refractivity contribution >= 4 is 64.9 Å². The Morgan fingerprint density at radius 3 is 2.46 bits per heavy atom. The van der Waals surface area contributed by atoms with Crippen LogP contribution in [0.25, 0.3) is 16.2 Å². The highest BCUT2D eigenvalue weighted by Crippen LogP contribution is 2.24. The van der Waals surface area contributed by atoms with Crippen LogP contribution in [0.15, 0.2) is 68.1 Å². The Hall–Kier alpha value is -1.47. The summed E-state index contributed by atoms with van der Waals surface area (Å²) in [5, 5.41) is 2.31. The smallest absolute Gasteiger partial charge is 0.251 e. The van der Waals surface area contributed by atoms with E-state index in [1.54, 1.807) is 36.4 Å². The van der Waals surface area contributed by atoms with Gasteiger partial charge in [0.05, 0.1) is 0 Å². The molecule has 24 heavy (non-hydrogen) atoms. The summed E-state index contributed by atoms with van der Waals surface area (Å²) in [4.78, 5) is 12.0. The molecule has 3 nitrogen and oxygen atoms in total. The molecule has 0 aliphatic heterocycles. The van der Waals surface area contributed by atoms with Crippen molar-refractivity contribution < 1.29 is 8.42 Å². The van der Waals surface area contributed by atoms with Crippen molar-refractivity contribution in [1.82, 2.24) is 0 Å². The van der Waals surface area contributed by atoms with Crippen LogP contribution in [0.5, 0.6) is 0 Å². The summed E-state index contributed by atoms with van der Waals surface area (Å²) in [7, 11) is -3.83. The number of halogens is 2. The number of hydrogen-bond donors (Lipinski definition) is 0. The monoisotopic (exact) mass is 440 g/mol. The SMILES string of the molecule is O=c1sc2ccc(Br)cc2cc1S(=O)(=O)C=Cc1ccc(Cl)cc1. The Bertz CT molecular complexity index is 1100. The summed E-state index contributed by atoms with van der Waals surface area (Å²) >= 11 is 10.1. The van der Waals surface area contributed by atoms with E-state index in [-0.39, 0.29) is 4.90 Å². The summed E-state index contributed by atoms with van der Waals surface area (Å²) in [6.07, 6.45) is 1.45. The van der Waals surface area contributed by atoms with Crippen molar-refractivity contribution in [3.05, 3.63) is 78.5 Å². The second-order valence-corrected chi connectivity index (χ2v) is 9.15. The predicted octanol–water partition coefficient (Wildman–Crippen LogP) is 5.12. The molecule has 2 aromatic carbocycles. The average Bonchev–Trinajstić information content (AvgIpc) is 2.54. The minimum atomic E-state index is -3.83. The zero-order valence-electron chi connectivity index (χ0n) is 12.1. The Labute approximate surface area is 156 Å². The van der Waals surface area contributed by atoms with Gasteiger partial charge in [-0.05, 0) is 53.4 Å². The topological polar surface area (TPSA) is 51.2 Å². The molecule has 3 rings (SSSR count). The molecule has 0 N–H and O–H groups in total. The van der Waals surface area contributed by atoms with Gasteiger partial charge in [0.15, 0.2) is 0 Å². The first-order valence-corrected chi connectivity index (χ1v) is 10.3. The van der Waals surface area contributed by atoms with Gasteiger partial charge in [0.1, 0.15) is 4.90 Å². The van der Waals surface area contributed by atoms with Crippen LogP contribution < -0.4 is 4.74 Å². The van der Waals surface area contributed by atoms with Crippen LogP contribution in [0, 0.1) is 0 Å². The van der Waals surface area contributed by atoms with E-state index in [9.17, 15) is 13.2 Å². The molecular weight excluding hydrogens is 432 g/mol. The Balaban J connectivity index is 2.06. The molecule has 0 radical (unpaired) electrons. The summed E-state index contributed by atoms with van der Waals surface area (Å²) in [6, 6.07) is 13.5. The lowest BCUT2D eigenvalue weighted by Crippen LogP contribution is -2.09. The van der Waals surface area contributed by atoms with Gasteiger partial charge in [-0.3, -0.25) is 4.79 Å². The number of benzene rings is 2. The van der Waals surface area contributed by atoms with Crippen molar-refractivity contribution in [3.8, 4) is 0 Å². The summed E-state index contributed by atoms with van der Waals surface area (Å²) in [5.41, 5.74) is 0.683. The largest absolute Gasteiger partial charge is 0.276 e. The summed E-state index contributed by atoms with van der Waals surface area (Å²) < 4.78 is 26.1. The maximum absolute atomic E-state index is 12.5. The maximum atomic E-state index is 12.5. The molecule has 3 aromatic rings. The number of sulfone groups is 1. The molecule has 0 aliphatic rings. The quantitative estimate of drug-likeness (QED) is 0.567. The Morgan fingerprint density at radius 2 is 1.75 bits per heavy atom. The number of rotatable bonds is 3. The van der Waals surface area contributed by atoms with E-state index < -0.39 is 14.6 Å². The van der Waals surface area contributed by atoms with E-state index in [1.165, 1.54) is 12.1 Å². The van der Waals surface area contributed by atoms with Gasteiger partial charge in [0.25, 0.3) is 4.74 Å². The van der Waals surface area contributed by atoms with Crippen LogP contribution in [-0.4, -0.2) is 8.42 Å². The first-order valence-electron chi connectivity index (χ1n) is 6.77. The van der Waals surface area contributed by atoms with Gasteiger partial charge in [-0.25, -0.2) is 8.42 Å². The maximum Gasteiger partial charge on any atom is 0.251 e. The van der Waals surface area contributed by atoms with E-state index in [2.05, 4.69) is 15.9 Å². The van der Waals surface area contributed by atoms with Crippen molar-refractivity contribution in [2.75, 3.05) is 0 Å². The predicted molar refractivity (Wildman–Crippen MR) is 103 cm³/mol. The van der Waals surface area contributed by atoms with Gasteiger partial charge in [-0.1, -0.05) is 51.0 Å². The molecule has 1 aromatic heterocycles. The fourth-order valence-corrected chi connectivity index (χ4v) is 4.80. The van der Waals surface area contributed by atoms with Crippen LogP contribution in [0.2, 0.25) is 5.02 Å². The van der Waals surface area contributed by atoms with E-state index in [0.717, 1.165) is 25.9 Å². The van der Waals surface area contributed by atoms with E-state index >= 15 is 0 Å². The normalized spacial score (nSPS) is 12.1. The average molecular weight is 442 g/mol. The van der Waals surface area contributed by atoms with Gasteiger partial charge in [-0.2, -0.15) is 0 Å². The van der Waals surface area contributed by atoms with Gasteiger partial charge in [0.2, 0.25) is 9.84 Å². The minimum Gasteiger partial charge on any atom is -0.276 e. The van der Waals surface area contributed by atoms with E-state index in [0.29, 0.717) is 16.0 Å². The molecule has 0 bridgehead atoms. The van der Waals surface area contributed by atoms with Crippen LogP contribution >= 0.6 is 38.9 Å². The van der Waals surface area contributed by atoms with Gasteiger partial charge >= 0.3 is 0 Å². The van der Waals surface area contributed by atoms with E-state index in [1.807, 2.05) is 6.07 Å². The van der Waals surface area contributed by atoms with Crippen molar-refractivity contribution in [3.63, 3.8) is 0 Å². The standard InChI is InChI=1S/C17H10BrClO3S2/c18-13-3-6-15-12(9-13)10-16(17(20)23-15)24(21,22)8-7-11-1-4-14(19)5-2-11/h1-10H. The molecule has 7 heteroatoms. The molecule has 0 aliphatic carbocycles. The minimum absolute atomic E-state index is 0.219. The first kappa shape index (κ1) is 17.4. The highest BCUT2D eigenvalue weighted by atomic mass is 79.9. The van der Waals surface area contributed by atoms with Crippen molar-refractivity contribution in [1.29, 1.82) is 0 Å². The Kier molecular flexibility index (Phi) is 4.92. The second kappa shape index (κ2) is 6.80. The first-order chi connectivity index (χ1) is 11.3. The van der Waals surface area contributed by atoms with Crippen LogP contribution in [0.4, 0.5) is 0 Å². The number of hydrogen-bond acceptors (Lipinski definition) is 4. The number of fused-ring (bicyclic) bond motifs is 1. The van der Waals surface area contributed by atoms with Gasteiger partial charge < -0.3 is 0 Å². The molecule has 0 spiro atoms. The molecule has 0 saturated heterocycles. The molecule has 0 amide bonds. The van der Waals surface area contributed by atoms with Crippen molar-refractivity contribution in [2.24, 2.45) is 0 Å². The highest BCUT2D eigenvalue weighted by Gasteiger charge is 2.16. The zero-order valence-corrected chi connectivity index (χ0v) is 16.0. The molecule has 0 atom stereocenters. The molecule has 0 unspecified atom stereocenters. The fraction of sp³-hybridized carbons (Fsp3) is 0. The molecule has 0 saturated carbocycles. The Morgan fingerprint density at radius 1 is 1.04 bits per heavy atom. The van der Waals surface area contributed by atoms with Gasteiger partial charge in [0, 0.05) is 19.6 Å². The molecule has 122 valence electrons. The van der Waals surface area contributed by atoms with Crippen molar-refractivity contribution in [2.45, 2.75) is 4.90 Å². The van der Waals surface area contributed by atoms with Gasteiger partial charge in [-0.15, -0.1) is 0 Å². The summed E-state index contributed by atoms with van der Waals surface area (Å²) in [6.45, 7) is 0. The third kappa shape index (κ3) is 3.78. The highest BCUT2D eigenvalue weighted by molar-refractivity contribution is 9.10. The molecular formula is C17H10BrClO3S2. The third-order valence-corrected chi connectivity index (χ3v) is 6.56.